The molecule has 0 aliphatic carbocycles. The van der Waals surface area contributed by atoms with Crippen LogP contribution in [0.4, 0.5) is 8.78 Å². The smallest absolute Gasteiger partial charge is 0.387 e. The largest absolute Gasteiger partial charge is 0.463 e. The molecule has 11 heteroatoms. The standard InChI is InChI=1S/C27H24F2N2O6S/c1-3-5-18-22(25(33)34-4-2)23(16-8-11-19-20(13-16)36-14-35-19)31-24(32)21(38-27(31)30-18)12-15-6-9-17(10-7-15)37-26(28)29/h6-13,23,26H,3-5,14H2,1-2H3/b21-12+/t23-/m1/s1. The number of esters is 1. The molecule has 0 bridgehead atoms. The molecule has 38 heavy (non-hydrogen) atoms. The molecule has 0 unspecified atom stereocenters. The molecule has 2 aliphatic heterocycles. The van der Waals surface area contributed by atoms with Crippen molar-refractivity contribution in [1.29, 1.82) is 0 Å². The fourth-order valence-corrected chi connectivity index (χ4v) is 5.44. The molecule has 0 fully saturated rings. The number of carbonyl (C=O) groups is 1. The topological polar surface area (TPSA) is 88.4 Å². The van der Waals surface area contributed by atoms with Crippen LogP contribution in [0.2, 0.25) is 0 Å². The normalized spacial score (nSPS) is 16.4. The molecular weight excluding hydrogens is 518 g/mol. The van der Waals surface area contributed by atoms with E-state index in [9.17, 15) is 18.4 Å². The van der Waals surface area contributed by atoms with Crippen molar-refractivity contribution in [2.45, 2.75) is 39.3 Å². The van der Waals surface area contributed by atoms with Crippen molar-refractivity contribution in [2.75, 3.05) is 13.4 Å². The van der Waals surface area contributed by atoms with Crippen LogP contribution in [0.3, 0.4) is 0 Å². The van der Waals surface area contributed by atoms with Gasteiger partial charge in [-0.05, 0) is 54.8 Å². The van der Waals surface area contributed by atoms with Gasteiger partial charge >= 0.3 is 12.6 Å². The lowest BCUT2D eigenvalue weighted by molar-refractivity contribution is -0.139. The Bertz CT molecular complexity index is 1580. The number of halogens is 2. The molecule has 3 heterocycles. The van der Waals surface area contributed by atoms with Crippen molar-refractivity contribution in [2.24, 2.45) is 4.99 Å². The van der Waals surface area contributed by atoms with E-state index in [1.54, 1.807) is 43.3 Å². The van der Waals surface area contributed by atoms with Gasteiger partial charge in [-0.25, -0.2) is 9.79 Å². The fraction of sp³-hybridized carbons (Fsp3) is 0.296. The molecular formula is C27H24F2N2O6S. The molecule has 1 aromatic heterocycles. The van der Waals surface area contributed by atoms with E-state index in [0.29, 0.717) is 49.7 Å². The summed E-state index contributed by atoms with van der Waals surface area (Å²) in [5, 5.41) is 0. The summed E-state index contributed by atoms with van der Waals surface area (Å²) in [6.07, 6.45) is 2.91. The SMILES string of the molecule is CCCC1=C(C(=O)OCC)[C@@H](c2ccc3c(c2)OCO3)n2c(s/c(=C/c3ccc(OC(F)F)cc3)c2=O)=N1. The fourth-order valence-electron chi connectivity index (χ4n) is 4.42. The third-order valence-electron chi connectivity index (χ3n) is 6.01. The molecule has 0 radical (unpaired) electrons. The molecule has 198 valence electrons. The zero-order chi connectivity index (χ0) is 26.8. The van der Waals surface area contributed by atoms with E-state index in [0.717, 1.165) is 6.42 Å². The Balaban J connectivity index is 1.67. The lowest BCUT2D eigenvalue weighted by Crippen LogP contribution is -2.40. The van der Waals surface area contributed by atoms with Crippen molar-refractivity contribution < 1.29 is 32.5 Å². The van der Waals surface area contributed by atoms with Gasteiger partial charge in [0.15, 0.2) is 16.3 Å². The van der Waals surface area contributed by atoms with E-state index < -0.39 is 18.6 Å². The highest BCUT2D eigenvalue weighted by atomic mass is 32.1. The summed E-state index contributed by atoms with van der Waals surface area (Å²) in [4.78, 5) is 32.2. The molecule has 8 nitrogen and oxygen atoms in total. The van der Waals surface area contributed by atoms with Crippen molar-refractivity contribution in [3.63, 3.8) is 0 Å². The zero-order valence-corrected chi connectivity index (χ0v) is 21.4. The van der Waals surface area contributed by atoms with Crippen LogP contribution < -0.4 is 29.1 Å². The van der Waals surface area contributed by atoms with Gasteiger partial charge in [-0.15, -0.1) is 0 Å². The van der Waals surface area contributed by atoms with Crippen LogP contribution in [-0.4, -0.2) is 30.5 Å². The molecule has 2 aliphatic rings. The molecule has 0 spiro atoms. The van der Waals surface area contributed by atoms with Gasteiger partial charge in [0.2, 0.25) is 6.79 Å². The summed E-state index contributed by atoms with van der Waals surface area (Å²) < 4.78 is 47.6. The second kappa shape index (κ2) is 10.8. The number of thiazole rings is 1. The Hall–Kier alpha value is -3.99. The van der Waals surface area contributed by atoms with Gasteiger partial charge in [0, 0.05) is 0 Å². The first kappa shape index (κ1) is 25.7. The number of nitrogens with zero attached hydrogens (tertiary/aromatic N) is 2. The van der Waals surface area contributed by atoms with Crippen LogP contribution in [0.25, 0.3) is 6.08 Å². The van der Waals surface area contributed by atoms with Crippen LogP contribution in [0, 0.1) is 0 Å². The molecule has 0 N–H and O–H groups in total. The Morgan fingerprint density at radius 3 is 2.66 bits per heavy atom. The molecule has 0 saturated carbocycles. The van der Waals surface area contributed by atoms with Gasteiger partial charge in [-0.3, -0.25) is 9.36 Å². The number of aromatic nitrogens is 1. The van der Waals surface area contributed by atoms with Gasteiger partial charge in [-0.1, -0.05) is 42.9 Å². The lowest BCUT2D eigenvalue weighted by Gasteiger charge is -2.25. The minimum atomic E-state index is -2.92. The van der Waals surface area contributed by atoms with E-state index in [1.807, 2.05) is 6.92 Å². The summed E-state index contributed by atoms with van der Waals surface area (Å²) in [6, 6.07) is 10.5. The van der Waals surface area contributed by atoms with E-state index >= 15 is 0 Å². The third kappa shape index (κ3) is 4.93. The van der Waals surface area contributed by atoms with E-state index in [2.05, 4.69) is 4.74 Å². The number of hydrogen-bond acceptors (Lipinski definition) is 8. The number of alkyl halides is 2. The monoisotopic (exact) mass is 542 g/mol. The summed E-state index contributed by atoms with van der Waals surface area (Å²) in [5.41, 5.74) is 1.80. The number of hydrogen-bond donors (Lipinski definition) is 0. The van der Waals surface area contributed by atoms with Crippen LogP contribution in [0.1, 0.15) is 43.9 Å². The molecule has 2 aromatic carbocycles. The number of carbonyl (C=O) groups excluding carboxylic acids is 1. The maximum atomic E-state index is 13.8. The van der Waals surface area contributed by atoms with Crippen molar-refractivity contribution >= 4 is 23.4 Å². The third-order valence-corrected chi connectivity index (χ3v) is 6.99. The highest BCUT2D eigenvalue weighted by molar-refractivity contribution is 7.07. The highest BCUT2D eigenvalue weighted by Crippen LogP contribution is 2.38. The summed E-state index contributed by atoms with van der Waals surface area (Å²) in [7, 11) is 0. The van der Waals surface area contributed by atoms with Gasteiger partial charge in [-0.2, -0.15) is 8.78 Å². The number of rotatable bonds is 8. The molecule has 5 rings (SSSR count). The predicted molar refractivity (Wildman–Crippen MR) is 135 cm³/mol. The van der Waals surface area contributed by atoms with Crippen LogP contribution in [-0.2, 0) is 9.53 Å². The summed E-state index contributed by atoms with van der Waals surface area (Å²) >= 11 is 1.19. The first-order valence-corrected chi connectivity index (χ1v) is 12.9. The second-order valence-corrected chi connectivity index (χ2v) is 9.48. The van der Waals surface area contributed by atoms with Crippen LogP contribution in [0.15, 0.2) is 63.5 Å². The minimum absolute atomic E-state index is 0.0182. The Morgan fingerprint density at radius 2 is 1.95 bits per heavy atom. The van der Waals surface area contributed by atoms with Crippen LogP contribution in [0.5, 0.6) is 17.2 Å². The highest BCUT2D eigenvalue weighted by Gasteiger charge is 2.35. The van der Waals surface area contributed by atoms with Gasteiger partial charge in [0.25, 0.3) is 5.56 Å². The Morgan fingerprint density at radius 1 is 1.18 bits per heavy atom. The maximum absolute atomic E-state index is 13.8. The zero-order valence-electron chi connectivity index (χ0n) is 20.6. The van der Waals surface area contributed by atoms with Gasteiger partial charge < -0.3 is 18.9 Å². The minimum Gasteiger partial charge on any atom is -0.463 e. The lowest BCUT2D eigenvalue weighted by atomic mass is 9.94. The van der Waals surface area contributed by atoms with Crippen LogP contribution >= 0.6 is 11.3 Å². The summed E-state index contributed by atoms with van der Waals surface area (Å²) in [6.45, 7) is 1.04. The van der Waals surface area contributed by atoms with Gasteiger partial charge in [0.05, 0.1) is 28.5 Å². The Labute approximate surface area is 220 Å². The van der Waals surface area contributed by atoms with Gasteiger partial charge in [0.1, 0.15) is 5.75 Å². The first-order chi connectivity index (χ1) is 18.4. The quantitative estimate of drug-likeness (QED) is 0.401. The second-order valence-electron chi connectivity index (χ2n) is 8.47. The molecule has 3 aromatic rings. The maximum Gasteiger partial charge on any atom is 0.387 e. The molecule has 1 atom stereocenters. The Kier molecular flexibility index (Phi) is 7.28. The molecule has 0 saturated heterocycles. The summed E-state index contributed by atoms with van der Waals surface area (Å²) in [5.74, 6) is 0.583. The molecule has 0 amide bonds. The van der Waals surface area contributed by atoms with E-state index in [1.165, 1.54) is 28.0 Å². The first-order valence-electron chi connectivity index (χ1n) is 12.1. The average molecular weight is 543 g/mol. The van der Waals surface area contributed by atoms with E-state index in [4.69, 9.17) is 19.2 Å². The number of ether oxygens (including phenoxy) is 4. The van der Waals surface area contributed by atoms with E-state index in [-0.39, 0.29) is 24.7 Å². The van der Waals surface area contributed by atoms with Crippen molar-refractivity contribution in [1.82, 2.24) is 4.57 Å². The number of fused-ring (bicyclic) bond motifs is 2. The average Bonchev–Trinajstić information content (AvgIpc) is 3.48. The number of allylic oxidation sites excluding steroid dienone is 1. The van der Waals surface area contributed by atoms with Crippen molar-refractivity contribution in [3.05, 3.63) is 84.5 Å². The predicted octanol–water partition coefficient (Wildman–Crippen LogP) is 3.91. The number of benzene rings is 2. The van der Waals surface area contributed by atoms with Crippen molar-refractivity contribution in [3.8, 4) is 17.2 Å².